The molecule has 1 aromatic rings. The molecule has 0 saturated heterocycles. The van der Waals surface area contributed by atoms with E-state index in [9.17, 15) is 4.79 Å². The molecular weight excluding hydrogens is 174 g/mol. The summed E-state index contributed by atoms with van der Waals surface area (Å²) < 4.78 is 1.89. The van der Waals surface area contributed by atoms with Gasteiger partial charge in [0.25, 0.3) is 5.56 Å². The lowest BCUT2D eigenvalue weighted by Gasteiger charge is -2.07. The third-order valence-corrected chi connectivity index (χ3v) is 2.93. The van der Waals surface area contributed by atoms with E-state index in [1.807, 2.05) is 4.57 Å². The maximum Gasteiger partial charge on any atom is 0.278 e. The Morgan fingerprint density at radius 3 is 3.17 bits per heavy atom. The van der Waals surface area contributed by atoms with Crippen LogP contribution in [0.25, 0.3) is 0 Å². The van der Waals surface area contributed by atoms with Crippen LogP contribution in [0, 0.1) is 6.92 Å². The molecule has 0 saturated carbocycles. The average molecular weight is 183 g/mol. The zero-order chi connectivity index (χ0) is 8.72. The van der Waals surface area contributed by atoms with Gasteiger partial charge in [-0.3, -0.25) is 4.79 Å². The fourth-order valence-electron chi connectivity index (χ4n) is 1.20. The van der Waals surface area contributed by atoms with Gasteiger partial charge in [0.15, 0.2) is 5.16 Å². The first-order valence-electron chi connectivity index (χ1n) is 3.70. The van der Waals surface area contributed by atoms with Crippen molar-refractivity contribution in [3.05, 3.63) is 15.9 Å². The van der Waals surface area contributed by atoms with E-state index in [4.69, 9.17) is 5.73 Å². The number of nitrogen functional groups attached to an aromatic ring is 1. The number of rotatable bonds is 0. The quantitative estimate of drug-likeness (QED) is 0.585. The van der Waals surface area contributed by atoms with Gasteiger partial charge in [0.1, 0.15) is 5.82 Å². The molecule has 1 aliphatic heterocycles. The van der Waals surface area contributed by atoms with E-state index in [2.05, 4.69) is 4.98 Å². The molecule has 0 bridgehead atoms. The fourth-order valence-corrected chi connectivity index (χ4v) is 2.15. The topological polar surface area (TPSA) is 60.9 Å². The molecule has 0 spiro atoms. The number of thioether (sulfide) groups is 1. The average Bonchev–Trinajstić information content (AvgIpc) is 2.48. The van der Waals surface area contributed by atoms with Crippen LogP contribution in [0.1, 0.15) is 5.56 Å². The third kappa shape index (κ3) is 0.929. The predicted octanol–water partition coefficient (Wildman–Crippen LogP) is 0.240. The van der Waals surface area contributed by atoms with Crippen molar-refractivity contribution >= 4 is 17.6 Å². The molecular formula is C7H9N3OS. The second-order valence-corrected chi connectivity index (χ2v) is 3.77. The lowest BCUT2D eigenvalue weighted by molar-refractivity contribution is 0.681. The molecule has 0 unspecified atom stereocenters. The Hall–Kier alpha value is -0.970. The molecule has 2 heterocycles. The summed E-state index contributed by atoms with van der Waals surface area (Å²) in [4.78, 5) is 15.1. The van der Waals surface area contributed by atoms with Gasteiger partial charge in [0.2, 0.25) is 0 Å². The summed E-state index contributed by atoms with van der Waals surface area (Å²) >= 11 is 1.58. The molecule has 0 radical (unpaired) electrons. The number of aromatic nitrogens is 2. The van der Waals surface area contributed by atoms with Crippen LogP contribution < -0.4 is 11.3 Å². The Morgan fingerprint density at radius 1 is 1.67 bits per heavy atom. The van der Waals surface area contributed by atoms with E-state index in [0.29, 0.717) is 11.4 Å². The molecule has 64 valence electrons. The molecule has 0 amide bonds. The molecule has 12 heavy (non-hydrogen) atoms. The zero-order valence-corrected chi connectivity index (χ0v) is 7.52. The highest BCUT2D eigenvalue weighted by atomic mass is 32.2. The third-order valence-electron chi connectivity index (χ3n) is 1.97. The minimum atomic E-state index is -0.201. The standard InChI is InChI=1S/C7H9N3OS/c1-4-5(8)10-2-3-12-7(10)9-6(4)11/h2-3,8H2,1H3. The monoisotopic (exact) mass is 183 g/mol. The number of nitrogens with two attached hydrogens (primary N) is 1. The summed E-state index contributed by atoms with van der Waals surface area (Å²) in [5.41, 5.74) is 6.10. The van der Waals surface area contributed by atoms with Gasteiger partial charge >= 0.3 is 0 Å². The molecule has 0 aromatic carbocycles. The largest absolute Gasteiger partial charge is 0.385 e. The molecule has 1 aliphatic rings. The van der Waals surface area contributed by atoms with Crippen molar-refractivity contribution in [1.29, 1.82) is 0 Å². The molecule has 5 heteroatoms. The number of anilines is 1. The van der Waals surface area contributed by atoms with Crippen LogP contribution in [-0.4, -0.2) is 15.3 Å². The molecule has 2 rings (SSSR count). The van der Waals surface area contributed by atoms with Gasteiger partial charge in [-0.1, -0.05) is 11.8 Å². The number of hydrogen-bond acceptors (Lipinski definition) is 4. The summed E-state index contributed by atoms with van der Waals surface area (Å²) in [5.74, 6) is 1.52. The number of fused-ring (bicyclic) bond motifs is 1. The van der Waals surface area contributed by atoms with Crippen molar-refractivity contribution < 1.29 is 0 Å². The van der Waals surface area contributed by atoms with Crippen molar-refractivity contribution in [2.75, 3.05) is 11.5 Å². The highest BCUT2D eigenvalue weighted by molar-refractivity contribution is 7.99. The van der Waals surface area contributed by atoms with E-state index in [1.54, 1.807) is 18.7 Å². The van der Waals surface area contributed by atoms with Crippen LogP contribution in [0.3, 0.4) is 0 Å². The second kappa shape index (κ2) is 2.52. The maximum absolute atomic E-state index is 11.2. The summed E-state index contributed by atoms with van der Waals surface area (Å²) in [5, 5.41) is 0.753. The van der Waals surface area contributed by atoms with Crippen molar-refractivity contribution in [2.24, 2.45) is 0 Å². The fraction of sp³-hybridized carbons (Fsp3) is 0.429. The Balaban J connectivity index is 2.76. The SMILES string of the molecule is Cc1c(N)n2c(nc1=O)SCC2. The Morgan fingerprint density at radius 2 is 2.42 bits per heavy atom. The molecule has 0 fully saturated rings. The van der Waals surface area contributed by atoms with E-state index in [0.717, 1.165) is 17.5 Å². The zero-order valence-electron chi connectivity index (χ0n) is 6.70. The van der Waals surface area contributed by atoms with E-state index < -0.39 is 0 Å². The van der Waals surface area contributed by atoms with E-state index in [-0.39, 0.29) is 5.56 Å². The Bertz CT molecular complexity index is 385. The van der Waals surface area contributed by atoms with Crippen molar-refractivity contribution in [3.63, 3.8) is 0 Å². The first kappa shape index (κ1) is 7.67. The van der Waals surface area contributed by atoms with Crippen LogP contribution in [0.15, 0.2) is 9.95 Å². The summed E-state index contributed by atoms with van der Waals surface area (Å²) in [6.07, 6.45) is 0. The van der Waals surface area contributed by atoms with Crippen LogP contribution in [-0.2, 0) is 6.54 Å². The highest BCUT2D eigenvalue weighted by Gasteiger charge is 2.16. The van der Waals surface area contributed by atoms with Gasteiger partial charge in [-0.25, -0.2) is 0 Å². The van der Waals surface area contributed by atoms with Crippen molar-refractivity contribution in [2.45, 2.75) is 18.6 Å². The van der Waals surface area contributed by atoms with Gasteiger partial charge in [-0.2, -0.15) is 4.98 Å². The van der Waals surface area contributed by atoms with Crippen LogP contribution >= 0.6 is 11.8 Å². The molecule has 0 atom stereocenters. The van der Waals surface area contributed by atoms with Gasteiger partial charge < -0.3 is 10.3 Å². The van der Waals surface area contributed by atoms with E-state index >= 15 is 0 Å². The van der Waals surface area contributed by atoms with Gasteiger partial charge in [-0.15, -0.1) is 0 Å². The Labute approximate surface area is 73.8 Å². The summed E-state index contributed by atoms with van der Waals surface area (Å²) in [7, 11) is 0. The van der Waals surface area contributed by atoms with Crippen molar-refractivity contribution in [3.8, 4) is 0 Å². The predicted molar refractivity (Wildman–Crippen MR) is 48.4 cm³/mol. The Kier molecular flexibility index (Phi) is 1.61. The van der Waals surface area contributed by atoms with Crippen LogP contribution in [0.5, 0.6) is 0 Å². The molecule has 1 aromatic heterocycles. The number of nitrogens with zero attached hydrogens (tertiary/aromatic N) is 2. The van der Waals surface area contributed by atoms with Crippen LogP contribution in [0.4, 0.5) is 5.82 Å². The minimum Gasteiger partial charge on any atom is -0.385 e. The van der Waals surface area contributed by atoms with Crippen LogP contribution in [0.2, 0.25) is 0 Å². The van der Waals surface area contributed by atoms with Gasteiger partial charge in [-0.05, 0) is 6.92 Å². The first-order chi connectivity index (χ1) is 5.70. The lowest BCUT2D eigenvalue weighted by atomic mass is 10.3. The second-order valence-electron chi connectivity index (χ2n) is 2.71. The highest BCUT2D eigenvalue weighted by Crippen LogP contribution is 2.25. The molecule has 4 nitrogen and oxygen atoms in total. The molecule has 0 aliphatic carbocycles. The maximum atomic E-state index is 11.2. The lowest BCUT2D eigenvalue weighted by Crippen LogP contribution is -2.19. The van der Waals surface area contributed by atoms with Crippen molar-refractivity contribution in [1.82, 2.24) is 9.55 Å². The van der Waals surface area contributed by atoms with Gasteiger partial charge in [0, 0.05) is 12.3 Å². The van der Waals surface area contributed by atoms with E-state index in [1.165, 1.54) is 0 Å². The minimum absolute atomic E-state index is 0.201. The summed E-state index contributed by atoms with van der Waals surface area (Å²) in [6.45, 7) is 2.57. The van der Waals surface area contributed by atoms with Gasteiger partial charge in [0.05, 0.1) is 5.56 Å². The smallest absolute Gasteiger partial charge is 0.278 e. The normalized spacial score (nSPS) is 14.8. The first-order valence-corrected chi connectivity index (χ1v) is 4.68. The molecule has 2 N–H and O–H groups in total. The number of hydrogen-bond donors (Lipinski definition) is 1. The summed E-state index contributed by atoms with van der Waals surface area (Å²) in [6, 6.07) is 0.